The molecule has 5 nitrogen and oxygen atoms in total. The molecule has 0 aliphatic heterocycles. The predicted octanol–water partition coefficient (Wildman–Crippen LogP) is 5.25. The molecular formula is C25H19ClFN3O2. The lowest BCUT2D eigenvalue weighted by Gasteiger charge is -2.11. The number of benzene rings is 3. The highest BCUT2D eigenvalue weighted by molar-refractivity contribution is 6.31. The van der Waals surface area contributed by atoms with E-state index in [9.17, 15) is 9.18 Å². The fourth-order valence-corrected chi connectivity index (χ4v) is 4.22. The molecule has 5 rings (SSSR count). The van der Waals surface area contributed by atoms with E-state index in [4.69, 9.17) is 16.3 Å². The summed E-state index contributed by atoms with van der Waals surface area (Å²) in [5.41, 5.74) is 2.88. The van der Waals surface area contributed by atoms with Gasteiger partial charge in [-0.2, -0.15) is 0 Å². The molecule has 0 bridgehead atoms. The number of hydrogen-bond acceptors (Lipinski definition) is 3. The summed E-state index contributed by atoms with van der Waals surface area (Å²) in [6, 6.07) is 19.7. The lowest BCUT2D eigenvalue weighted by atomic mass is 10.2. The van der Waals surface area contributed by atoms with Gasteiger partial charge in [0.1, 0.15) is 22.6 Å². The van der Waals surface area contributed by atoms with E-state index < -0.39 is 5.82 Å². The van der Waals surface area contributed by atoms with Crippen LogP contribution in [0, 0.1) is 5.82 Å². The Morgan fingerprint density at radius 3 is 2.53 bits per heavy atom. The first kappa shape index (κ1) is 20.3. The molecule has 0 amide bonds. The van der Waals surface area contributed by atoms with E-state index in [2.05, 4.69) is 4.98 Å². The number of nitrogens with zero attached hydrogens (tertiary/aromatic N) is 3. The average Bonchev–Trinajstić information content (AvgIpc) is 3.13. The van der Waals surface area contributed by atoms with Gasteiger partial charge in [-0.1, -0.05) is 48.0 Å². The molecule has 0 saturated heterocycles. The number of ether oxygens (including phenoxy) is 1. The highest BCUT2D eigenvalue weighted by Gasteiger charge is 2.18. The van der Waals surface area contributed by atoms with Gasteiger partial charge in [-0.25, -0.2) is 9.37 Å². The summed E-state index contributed by atoms with van der Waals surface area (Å²) in [7, 11) is 1.61. The number of hydrogen-bond donors (Lipinski definition) is 0. The number of halogens is 2. The monoisotopic (exact) mass is 447 g/mol. The maximum atomic E-state index is 14.6. The zero-order valence-electron chi connectivity index (χ0n) is 17.3. The van der Waals surface area contributed by atoms with Crippen molar-refractivity contribution in [2.24, 2.45) is 0 Å². The largest absolute Gasteiger partial charge is 0.497 e. The first-order valence-corrected chi connectivity index (χ1v) is 10.5. The highest BCUT2D eigenvalue weighted by Crippen LogP contribution is 2.28. The highest BCUT2D eigenvalue weighted by atomic mass is 35.5. The van der Waals surface area contributed by atoms with E-state index in [-0.39, 0.29) is 12.1 Å². The first-order chi connectivity index (χ1) is 15.6. The van der Waals surface area contributed by atoms with Gasteiger partial charge >= 0.3 is 0 Å². The Morgan fingerprint density at radius 2 is 1.78 bits per heavy atom. The maximum Gasteiger partial charge on any atom is 0.278 e. The van der Waals surface area contributed by atoms with Crippen LogP contribution in [-0.4, -0.2) is 21.2 Å². The topological polar surface area (TPSA) is 49.0 Å². The molecule has 160 valence electrons. The summed E-state index contributed by atoms with van der Waals surface area (Å²) in [5, 5.41) is 1.15. The molecule has 5 aromatic rings. The molecule has 3 aromatic carbocycles. The van der Waals surface area contributed by atoms with Crippen molar-refractivity contribution in [3.63, 3.8) is 0 Å². The second kappa shape index (κ2) is 8.13. The van der Waals surface area contributed by atoms with Gasteiger partial charge in [0.25, 0.3) is 5.56 Å². The van der Waals surface area contributed by atoms with Crippen molar-refractivity contribution in [2.75, 3.05) is 7.11 Å². The number of fused-ring (bicyclic) bond motifs is 3. The minimum Gasteiger partial charge on any atom is -0.497 e. The van der Waals surface area contributed by atoms with E-state index in [1.54, 1.807) is 34.7 Å². The van der Waals surface area contributed by atoms with Gasteiger partial charge in [-0.05, 0) is 35.9 Å². The molecule has 2 heterocycles. The zero-order valence-corrected chi connectivity index (χ0v) is 18.0. The van der Waals surface area contributed by atoms with Crippen LogP contribution < -0.4 is 10.3 Å². The molecule has 0 atom stereocenters. The summed E-state index contributed by atoms with van der Waals surface area (Å²) in [4.78, 5) is 18.2. The van der Waals surface area contributed by atoms with Crippen LogP contribution in [0.5, 0.6) is 5.75 Å². The van der Waals surface area contributed by atoms with E-state index in [1.807, 2.05) is 48.5 Å². The van der Waals surface area contributed by atoms with E-state index >= 15 is 0 Å². The van der Waals surface area contributed by atoms with Crippen LogP contribution in [0.15, 0.2) is 77.9 Å². The molecule has 0 radical (unpaired) electrons. The van der Waals surface area contributed by atoms with E-state index in [1.165, 1.54) is 6.07 Å². The SMILES string of the molecule is COc1ccc(Cn2cnc3c4ccccc4n(Cc4c(F)cccc4Cl)c3c2=O)cc1. The van der Waals surface area contributed by atoms with Crippen molar-refractivity contribution in [2.45, 2.75) is 13.1 Å². The summed E-state index contributed by atoms with van der Waals surface area (Å²) < 4.78 is 23.1. The number of methoxy groups -OCH3 is 1. The third kappa shape index (κ3) is 3.42. The summed E-state index contributed by atoms with van der Waals surface area (Å²) in [6.07, 6.45) is 1.56. The smallest absolute Gasteiger partial charge is 0.278 e. The van der Waals surface area contributed by atoms with Gasteiger partial charge in [0, 0.05) is 16.0 Å². The van der Waals surface area contributed by atoms with Crippen LogP contribution in [0.1, 0.15) is 11.1 Å². The van der Waals surface area contributed by atoms with Crippen molar-refractivity contribution >= 4 is 33.5 Å². The fraction of sp³-hybridized carbons (Fsp3) is 0.120. The number of rotatable bonds is 5. The summed E-state index contributed by atoms with van der Waals surface area (Å²) in [6.45, 7) is 0.479. The first-order valence-electron chi connectivity index (χ1n) is 10.1. The van der Waals surface area contributed by atoms with E-state index in [0.29, 0.717) is 28.2 Å². The fourth-order valence-electron chi connectivity index (χ4n) is 3.99. The Hall–Kier alpha value is -3.64. The van der Waals surface area contributed by atoms with Crippen molar-refractivity contribution in [3.8, 4) is 5.75 Å². The van der Waals surface area contributed by atoms with Crippen molar-refractivity contribution in [1.82, 2.24) is 14.1 Å². The molecule has 0 spiro atoms. The molecule has 7 heteroatoms. The molecule has 2 aromatic heterocycles. The summed E-state index contributed by atoms with van der Waals surface area (Å²) >= 11 is 6.29. The number of aromatic nitrogens is 3. The molecule has 32 heavy (non-hydrogen) atoms. The predicted molar refractivity (Wildman–Crippen MR) is 124 cm³/mol. The van der Waals surface area contributed by atoms with Crippen LogP contribution in [0.3, 0.4) is 0 Å². The van der Waals surface area contributed by atoms with Crippen molar-refractivity contribution < 1.29 is 9.13 Å². The standard InChI is InChI=1S/C25H19ClFN3O2/c1-32-17-11-9-16(10-12-17)13-29-15-28-23-18-5-2-3-8-22(18)30(24(23)25(29)31)14-19-20(26)6-4-7-21(19)27/h2-12,15H,13-14H2,1H3. The minimum atomic E-state index is -0.411. The Labute approximate surface area is 188 Å². The second-order valence-corrected chi connectivity index (χ2v) is 7.93. The van der Waals surface area contributed by atoms with Crippen LogP contribution in [0.4, 0.5) is 4.39 Å². The van der Waals surface area contributed by atoms with Gasteiger partial charge in [0.2, 0.25) is 0 Å². The molecule has 0 fully saturated rings. The zero-order chi connectivity index (χ0) is 22.2. The van der Waals surface area contributed by atoms with Gasteiger partial charge in [-0.3, -0.25) is 9.36 Å². The Kier molecular flexibility index (Phi) is 5.15. The quantitative estimate of drug-likeness (QED) is 0.370. The van der Waals surface area contributed by atoms with Gasteiger partial charge in [0.05, 0.1) is 32.0 Å². The van der Waals surface area contributed by atoms with Gasteiger partial charge in [0.15, 0.2) is 0 Å². The minimum absolute atomic E-state index is 0.124. The molecular weight excluding hydrogens is 429 g/mol. The third-order valence-electron chi connectivity index (χ3n) is 5.62. The van der Waals surface area contributed by atoms with Crippen molar-refractivity contribution in [3.05, 3.63) is 105 Å². The van der Waals surface area contributed by atoms with Gasteiger partial charge in [-0.15, -0.1) is 0 Å². The molecule has 0 saturated carbocycles. The lowest BCUT2D eigenvalue weighted by Crippen LogP contribution is -2.23. The summed E-state index contributed by atoms with van der Waals surface area (Å²) in [5.74, 6) is 0.336. The average molecular weight is 448 g/mol. The molecule has 0 N–H and O–H groups in total. The second-order valence-electron chi connectivity index (χ2n) is 7.53. The lowest BCUT2D eigenvalue weighted by molar-refractivity contribution is 0.414. The van der Waals surface area contributed by atoms with Crippen LogP contribution in [0.25, 0.3) is 21.9 Å². The van der Waals surface area contributed by atoms with Gasteiger partial charge < -0.3 is 9.30 Å². The molecule has 0 aliphatic carbocycles. The van der Waals surface area contributed by atoms with Crippen molar-refractivity contribution in [1.29, 1.82) is 0 Å². The molecule has 0 unspecified atom stereocenters. The van der Waals surface area contributed by atoms with Crippen LogP contribution in [0.2, 0.25) is 5.02 Å². The molecule has 0 aliphatic rings. The Morgan fingerprint density at radius 1 is 1.00 bits per heavy atom. The van der Waals surface area contributed by atoms with E-state index in [0.717, 1.165) is 22.2 Å². The normalized spacial score (nSPS) is 11.3. The Bertz CT molecular complexity index is 1490. The Balaban J connectivity index is 1.69. The number of para-hydroxylation sites is 1. The third-order valence-corrected chi connectivity index (χ3v) is 5.98. The van der Waals surface area contributed by atoms with Crippen LogP contribution >= 0.6 is 11.6 Å². The van der Waals surface area contributed by atoms with Crippen LogP contribution in [-0.2, 0) is 13.1 Å². The maximum absolute atomic E-state index is 14.6.